The van der Waals surface area contributed by atoms with Gasteiger partial charge in [-0.1, -0.05) is 6.58 Å². The van der Waals surface area contributed by atoms with Crippen LogP contribution in [0.4, 0.5) is 0 Å². The molecule has 2 aromatic rings. The first-order valence-electron chi connectivity index (χ1n) is 9.57. The number of aryl methyl sites for hydroxylation is 1. The number of aromatic carboxylic acids is 1. The number of carbonyl (C=O) groups excluding carboxylic acids is 1. The van der Waals surface area contributed by atoms with Crippen molar-refractivity contribution < 1.29 is 34.4 Å². The van der Waals surface area contributed by atoms with Gasteiger partial charge in [0.25, 0.3) is 0 Å². The highest BCUT2D eigenvalue weighted by Gasteiger charge is 2.02. The van der Waals surface area contributed by atoms with E-state index in [1.54, 1.807) is 19.1 Å². The standard InChI is InChI=1S/C16H20O5.C7H8O2/c1-2-15(17)21-12-6-4-3-5-11-20-14-9-7-13(8-10-14)16(18)19;1-5-4-6(8)2-3-7(5)9/h2,7-10H,1,3-6,11-12H2,(H,18,19);2-4,8-9H,1H3. The SMILES string of the molecule is C=CC(=O)OCCCCCCOc1ccc(C(=O)O)cc1.Cc1cc(O)ccc1O. The van der Waals surface area contributed by atoms with Gasteiger partial charge in [-0.25, -0.2) is 9.59 Å². The van der Waals surface area contributed by atoms with Gasteiger partial charge in [-0.3, -0.25) is 0 Å². The Morgan fingerprint density at radius 3 is 2.13 bits per heavy atom. The summed E-state index contributed by atoms with van der Waals surface area (Å²) >= 11 is 0. The molecule has 0 aliphatic rings. The Labute approximate surface area is 176 Å². The van der Waals surface area contributed by atoms with Crippen molar-refractivity contribution in [2.45, 2.75) is 32.6 Å². The molecule has 162 valence electrons. The van der Waals surface area contributed by atoms with E-state index in [1.165, 1.54) is 30.3 Å². The summed E-state index contributed by atoms with van der Waals surface area (Å²) in [5.41, 5.74) is 0.937. The van der Waals surface area contributed by atoms with Gasteiger partial charge in [0.15, 0.2) is 0 Å². The number of rotatable bonds is 10. The van der Waals surface area contributed by atoms with E-state index in [0.717, 1.165) is 31.8 Å². The predicted octanol–water partition coefficient (Wildman–Crippen LogP) is 4.46. The molecule has 2 aromatic carbocycles. The van der Waals surface area contributed by atoms with E-state index in [9.17, 15) is 9.59 Å². The van der Waals surface area contributed by atoms with Crippen molar-refractivity contribution >= 4 is 11.9 Å². The molecule has 0 amide bonds. The smallest absolute Gasteiger partial charge is 0.335 e. The van der Waals surface area contributed by atoms with Crippen LogP contribution in [0.1, 0.15) is 41.6 Å². The van der Waals surface area contributed by atoms with Crippen LogP contribution >= 0.6 is 0 Å². The highest BCUT2D eigenvalue weighted by molar-refractivity contribution is 5.87. The van der Waals surface area contributed by atoms with E-state index in [2.05, 4.69) is 6.58 Å². The molecule has 30 heavy (non-hydrogen) atoms. The molecule has 0 atom stereocenters. The maximum absolute atomic E-state index is 10.8. The third-order valence-electron chi connectivity index (χ3n) is 4.00. The third-order valence-corrected chi connectivity index (χ3v) is 4.00. The fraction of sp³-hybridized carbons (Fsp3) is 0.304. The highest BCUT2D eigenvalue weighted by atomic mass is 16.5. The molecule has 0 saturated carbocycles. The largest absolute Gasteiger partial charge is 0.508 e. The Morgan fingerprint density at radius 2 is 1.60 bits per heavy atom. The number of unbranched alkanes of at least 4 members (excludes halogenated alkanes) is 3. The molecule has 2 rings (SSSR count). The van der Waals surface area contributed by atoms with Crippen LogP contribution in [0, 0.1) is 6.92 Å². The van der Waals surface area contributed by atoms with Gasteiger partial charge in [0.1, 0.15) is 17.2 Å². The lowest BCUT2D eigenvalue weighted by molar-refractivity contribution is -0.137. The molecule has 7 heteroatoms. The summed E-state index contributed by atoms with van der Waals surface area (Å²) < 4.78 is 10.4. The zero-order valence-electron chi connectivity index (χ0n) is 17.0. The number of benzene rings is 2. The second-order valence-corrected chi connectivity index (χ2v) is 6.43. The Hall–Kier alpha value is -3.48. The van der Waals surface area contributed by atoms with Gasteiger partial charge < -0.3 is 24.8 Å². The van der Waals surface area contributed by atoms with Crippen molar-refractivity contribution in [2.24, 2.45) is 0 Å². The lowest BCUT2D eigenvalue weighted by Crippen LogP contribution is -2.02. The van der Waals surface area contributed by atoms with Gasteiger partial charge in [0.2, 0.25) is 0 Å². The van der Waals surface area contributed by atoms with E-state index in [1.807, 2.05) is 0 Å². The Morgan fingerprint density at radius 1 is 0.967 bits per heavy atom. The quantitative estimate of drug-likeness (QED) is 0.227. The summed E-state index contributed by atoms with van der Waals surface area (Å²) in [6, 6.07) is 10.8. The van der Waals surface area contributed by atoms with E-state index >= 15 is 0 Å². The van der Waals surface area contributed by atoms with Crippen LogP contribution < -0.4 is 4.74 Å². The topological polar surface area (TPSA) is 113 Å². The summed E-state index contributed by atoms with van der Waals surface area (Å²) in [7, 11) is 0. The van der Waals surface area contributed by atoms with Crippen molar-refractivity contribution in [3.05, 3.63) is 66.2 Å². The van der Waals surface area contributed by atoms with Crippen LogP contribution in [-0.2, 0) is 9.53 Å². The molecule has 0 fully saturated rings. The number of esters is 1. The molecule has 0 aliphatic carbocycles. The molecular formula is C23H28O7. The first-order chi connectivity index (χ1) is 14.3. The number of phenolic OH excluding ortho intramolecular Hbond substituents is 2. The van der Waals surface area contributed by atoms with Crippen LogP contribution in [-0.4, -0.2) is 40.5 Å². The minimum Gasteiger partial charge on any atom is -0.508 e. The molecular weight excluding hydrogens is 388 g/mol. The highest BCUT2D eigenvalue weighted by Crippen LogP contribution is 2.20. The Kier molecular flexibility index (Phi) is 11.2. The number of carboxylic acid groups (broad SMARTS) is 1. The molecule has 0 saturated heterocycles. The summed E-state index contributed by atoms with van der Waals surface area (Å²) in [4.78, 5) is 21.5. The molecule has 0 bridgehead atoms. The number of ether oxygens (including phenoxy) is 2. The van der Waals surface area contributed by atoms with Crippen LogP contribution in [0.3, 0.4) is 0 Å². The zero-order chi connectivity index (χ0) is 22.4. The molecule has 0 spiro atoms. The summed E-state index contributed by atoms with van der Waals surface area (Å²) in [5.74, 6) is -0.264. The second kappa shape index (κ2) is 13.7. The minimum absolute atomic E-state index is 0.185. The molecule has 0 unspecified atom stereocenters. The lowest BCUT2D eigenvalue weighted by atomic mass is 10.2. The Balaban J connectivity index is 0.000000414. The predicted molar refractivity (Wildman–Crippen MR) is 113 cm³/mol. The Bertz CT molecular complexity index is 813. The number of carbonyl (C=O) groups is 2. The molecule has 0 radical (unpaired) electrons. The summed E-state index contributed by atoms with van der Waals surface area (Å²) in [5, 5.41) is 26.5. The second-order valence-electron chi connectivity index (χ2n) is 6.43. The number of hydrogen-bond acceptors (Lipinski definition) is 6. The first-order valence-corrected chi connectivity index (χ1v) is 9.57. The average molecular weight is 416 g/mol. The van der Waals surface area contributed by atoms with Gasteiger partial charge >= 0.3 is 11.9 Å². The van der Waals surface area contributed by atoms with Crippen molar-refractivity contribution in [1.29, 1.82) is 0 Å². The van der Waals surface area contributed by atoms with Crippen LogP contribution in [0.5, 0.6) is 17.2 Å². The molecule has 0 heterocycles. The fourth-order valence-electron chi connectivity index (χ4n) is 2.31. The maximum Gasteiger partial charge on any atom is 0.335 e. The van der Waals surface area contributed by atoms with E-state index in [4.69, 9.17) is 24.8 Å². The summed E-state index contributed by atoms with van der Waals surface area (Å²) in [6.07, 6.45) is 4.83. The molecule has 7 nitrogen and oxygen atoms in total. The van der Waals surface area contributed by atoms with E-state index < -0.39 is 5.97 Å². The van der Waals surface area contributed by atoms with Gasteiger partial charge in [-0.05, 0) is 80.6 Å². The molecule has 0 aromatic heterocycles. The van der Waals surface area contributed by atoms with Gasteiger partial charge in [-0.2, -0.15) is 0 Å². The maximum atomic E-state index is 10.8. The van der Waals surface area contributed by atoms with Gasteiger partial charge in [-0.15, -0.1) is 0 Å². The number of carboxylic acids is 1. The normalized spacial score (nSPS) is 9.77. The number of aromatic hydroxyl groups is 2. The zero-order valence-corrected chi connectivity index (χ0v) is 17.0. The van der Waals surface area contributed by atoms with E-state index in [-0.39, 0.29) is 23.0 Å². The van der Waals surface area contributed by atoms with Gasteiger partial charge in [0, 0.05) is 6.08 Å². The average Bonchev–Trinajstić information content (AvgIpc) is 2.73. The van der Waals surface area contributed by atoms with Crippen molar-refractivity contribution in [1.82, 2.24) is 0 Å². The van der Waals surface area contributed by atoms with Crippen LogP contribution in [0.2, 0.25) is 0 Å². The fourth-order valence-corrected chi connectivity index (χ4v) is 2.31. The van der Waals surface area contributed by atoms with Gasteiger partial charge in [0.05, 0.1) is 18.8 Å². The third kappa shape index (κ3) is 10.2. The first kappa shape index (κ1) is 24.6. The minimum atomic E-state index is -0.946. The lowest BCUT2D eigenvalue weighted by Gasteiger charge is -2.06. The van der Waals surface area contributed by atoms with Crippen LogP contribution in [0.15, 0.2) is 55.1 Å². The van der Waals surface area contributed by atoms with Crippen molar-refractivity contribution in [3.63, 3.8) is 0 Å². The van der Waals surface area contributed by atoms with Crippen molar-refractivity contribution in [2.75, 3.05) is 13.2 Å². The van der Waals surface area contributed by atoms with E-state index in [0.29, 0.717) is 24.5 Å². The monoisotopic (exact) mass is 416 g/mol. The van der Waals surface area contributed by atoms with Crippen LogP contribution in [0.25, 0.3) is 0 Å². The number of hydrogen-bond donors (Lipinski definition) is 3. The van der Waals surface area contributed by atoms with Crippen molar-refractivity contribution in [3.8, 4) is 17.2 Å². The summed E-state index contributed by atoms with van der Waals surface area (Å²) in [6.45, 7) is 6.05. The molecule has 0 aliphatic heterocycles. The number of phenols is 2. The molecule has 3 N–H and O–H groups in total.